The highest BCUT2D eigenvalue weighted by Gasteiger charge is 2.40. The SMILES string of the molecule is COc1c(Cl)cccc1CN=C1Nc2ccccc2NC12CCCCC2. The van der Waals surface area contributed by atoms with Crippen LogP contribution in [0, 0.1) is 0 Å². The van der Waals surface area contributed by atoms with Crippen LogP contribution in [0.4, 0.5) is 11.4 Å². The van der Waals surface area contributed by atoms with Crippen LogP contribution in [0.5, 0.6) is 5.75 Å². The summed E-state index contributed by atoms with van der Waals surface area (Å²) in [6, 6.07) is 14.2. The monoisotopic (exact) mass is 369 g/mol. The highest BCUT2D eigenvalue weighted by molar-refractivity contribution is 6.32. The van der Waals surface area contributed by atoms with Crippen molar-refractivity contribution < 1.29 is 4.74 Å². The number of para-hydroxylation sites is 3. The number of halogens is 1. The van der Waals surface area contributed by atoms with Gasteiger partial charge in [-0.2, -0.15) is 0 Å². The normalized spacial score (nSPS) is 19.5. The molecule has 0 aromatic heterocycles. The molecule has 1 aliphatic carbocycles. The van der Waals surface area contributed by atoms with Crippen molar-refractivity contribution in [3.05, 3.63) is 53.1 Å². The summed E-state index contributed by atoms with van der Waals surface area (Å²) in [4.78, 5) is 4.98. The van der Waals surface area contributed by atoms with E-state index in [0.717, 1.165) is 35.6 Å². The molecule has 0 bridgehead atoms. The number of amidine groups is 1. The van der Waals surface area contributed by atoms with Crippen molar-refractivity contribution in [3.8, 4) is 5.75 Å². The Bertz CT molecular complexity index is 828. The van der Waals surface area contributed by atoms with E-state index in [0.29, 0.717) is 17.3 Å². The molecule has 1 saturated carbocycles. The molecule has 2 N–H and O–H groups in total. The number of hydrogen-bond donors (Lipinski definition) is 2. The molecule has 0 atom stereocenters. The van der Waals surface area contributed by atoms with Gasteiger partial charge in [0.05, 0.1) is 35.6 Å². The van der Waals surface area contributed by atoms with Crippen LogP contribution in [0.15, 0.2) is 47.5 Å². The summed E-state index contributed by atoms with van der Waals surface area (Å²) in [7, 11) is 1.65. The highest BCUT2D eigenvalue weighted by Crippen LogP contribution is 2.39. The van der Waals surface area contributed by atoms with Crippen molar-refractivity contribution >= 4 is 28.8 Å². The van der Waals surface area contributed by atoms with Gasteiger partial charge in [0, 0.05) is 5.56 Å². The molecule has 4 rings (SSSR count). The van der Waals surface area contributed by atoms with E-state index in [1.54, 1.807) is 7.11 Å². The van der Waals surface area contributed by atoms with Gasteiger partial charge in [-0.25, -0.2) is 0 Å². The average molecular weight is 370 g/mol. The molecule has 0 unspecified atom stereocenters. The lowest BCUT2D eigenvalue weighted by molar-refractivity contribution is 0.401. The van der Waals surface area contributed by atoms with Crippen LogP contribution < -0.4 is 15.4 Å². The summed E-state index contributed by atoms with van der Waals surface area (Å²) >= 11 is 6.26. The van der Waals surface area contributed by atoms with Gasteiger partial charge in [0.2, 0.25) is 0 Å². The maximum absolute atomic E-state index is 6.26. The second kappa shape index (κ2) is 7.20. The Kier molecular flexibility index (Phi) is 4.77. The smallest absolute Gasteiger partial charge is 0.142 e. The molecule has 1 fully saturated rings. The Morgan fingerprint density at radius 3 is 2.58 bits per heavy atom. The molecule has 4 nitrogen and oxygen atoms in total. The Hall–Kier alpha value is -2.20. The molecule has 5 heteroatoms. The predicted molar refractivity (Wildman–Crippen MR) is 109 cm³/mol. The zero-order chi connectivity index (χ0) is 18.0. The summed E-state index contributed by atoms with van der Waals surface area (Å²) in [5.74, 6) is 1.73. The van der Waals surface area contributed by atoms with Crippen LogP contribution in [0.1, 0.15) is 37.7 Å². The summed E-state index contributed by atoms with van der Waals surface area (Å²) in [5, 5.41) is 8.00. The second-order valence-electron chi connectivity index (χ2n) is 7.04. The van der Waals surface area contributed by atoms with E-state index < -0.39 is 0 Å². The van der Waals surface area contributed by atoms with Gasteiger partial charge in [-0.05, 0) is 31.0 Å². The summed E-state index contributed by atoms with van der Waals surface area (Å²) in [5.41, 5.74) is 3.15. The highest BCUT2D eigenvalue weighted by atomic mass is 35.5. The van der Waals surface area contributed by atoms with Crippen molar-refractivity contribution in [2.75, 3.05) is 17.7 Å². The average Bonchev–Trinajstić information content (AvgIpc) is 2.67. The number of fused-ring (bicyclic) bond motifs is 1. The van der Waals surface area contributed by atoms with Crippen molar-refractivity contribution in [1.29, 1.82) is 0 Å². The fourth-order valence-corrected chi connectivity index (χ4v) is 4.32. The van der Waals surface area contributed by atoms with Gasteiger partial charge >= 0.3 is 0 Å². The van der Waals surface area contributed by atoms with Gasteiger partial charge in [-0.3, -0.25) is 4.99 Å². The molecule has 1 heterocycles. The molecule has 26 heavy (non-hydrogen) atoms. The largest absolute Gasteiger partial charge is 0.495 e. The minimum absolute atomic E-state index is 0.0988. The van der Waals surface area contributed by atoms with E-state index in [2.05, 4.69) is 28.8 Å². The van der Waals surface area contributed by atoms with Gasteiger partial charge < -0.3 is 15.4 Å². The van der Waals surface area contributed by atoms with Crippen molar-refractivity contribution in [3.63, 3.8) is 0 Å². The van der Waals surface area contributed by atoms with Gasteiger partial charge in [0.15, 0.2) is 0 Å². The number of nitrogens with one attached hydrogen (secondary N) is 2. The molecule has 2 aromatic carbocycles. The molecule has 136 valence electrons. The first kappa shape index (κ1) is 17.2. The number of anilines is 2. The van der Waals surface area contributed by atoms with Crippen molar-refractivity contribution in [1.82, 2.24) is 0 Å². The number of benzene rings is 2. The lowest BCUT2D eigenvalue weighted by Crippen LogP contribution is -2.53. The van der Waals surface area contributed by atoms with Crippen LogP contribution >= 0.6 is 11.6 Å². The predicted octanol–water partition coefficient (Wildman–Crippen LogP) is 5.49. The summed E-state index contributed by atoms with van der Waals surface area (Å²) < 4.78 is 5.47. The molecule has 0 amide bonds. The standard InChI is InChI=1S/C21H24ClN3O/c1-26-19-15(8-7-9-16(19)22)14-23-20-21(12-5-2-6-13-21)25-18-11-4-3-10-17(18)24-20/h3-4,7-11,25H,2,5-6,12-14H2,1H3,(H,23,24). The maximum Gasteiger partial charge on any atom is 0.142 e. The summed E-state index contributed by atoms with van der Waals surface area (Å²) in [6.07, 6.45) is 5.92. The van der Waals surface area contributed by atoms with Crippen LogP contribution in [-0.2, 0) is 6.54 Å². The third kappa shape index (κ3) is 3.14. The topological polar surface area (TPSA) is 45.6 Å². The molecule has 2 aromatic rings. The third-order valence-electron chi connectivity index (χ3n) is 5.37. The van der Waals surface area contributed by atoms with Gasteiger partial charge in [-0.15, -0.1) is 0 Å². The first-order valence-electron chi connectivity index (χ1n) is 9.22. The zero-order valence-electron chi connectivity index (χ0n) is 15.0. The van der Waals surface area contributed by atoms with Crippen molar-refractivity contribution in [2.24, 2.45) is 4.99 Å². The Balaban J connectivity index is 1.69. The third-order valence-corrected chi connectivity index (χ3v) is 5.67. The van der Waals surface area contributed by atoms with E-state index >= 15 is 0 Å². The maximum atomic E-state index is 6.26. The number of nitrogens with zero attached hydrogens (tertiary/aromatic N) is 1. The number of methoxy groups -OCH3 is 1. The molecule has 1 spiro atoms. The Morgan fingerprint density at radius 2 is 1.81 bits per heavy atom. The molecule has 0 radical (unpaired) electrons. The minimum atomic E-state index is -0.0988. The van der Waals surface area contributed by atoms with E-state index in [1.807, 2.05) is 24.3 Å². The van der Waals surface area contributed by atoms with E-state index in [9.17, 15) is 0 Å². The van der Waals surface area contributed by atoms with E-state index in [4.69, 9.17) is 21.3 Å². The van der Waals surface area contributed by atoms with E-state index in [1.165, 1.54) is 19.3 Å². The number of rotatable bonds is 3. The molecular weight excluding hydrogens is 346 g/mol. The zero-order valence-corrected chi connectivity index (χ0v) is 15.8. The quantitative estimate of drug-likeness (QED) is 0.752. The number of ether oxygens (including phenoxy) is 1. The van der Waals surface area contributed by atoms with Crippen molar-refractivity contribution in [2.45, 2.75) is 44.2 Å². The Labute approximate surface area is 159 Å². The lowest BCUT2D eigenvalue weighted by Gasteiger charge is -2.44. The minimum Gasteiger partial charge on any atom is -0.495 e. The van der Waals surface area contributed by atoms with Gasteiger partial charge in [0.1, 0.15) is 11.6 Å². The lowest BCUT2D eigenvalue weighted by atomic mass is 9.79. The Morgan fingerprint density at radius 1 is 1.04 bits per heavy atom. The second-order valence-corrected chi connectivity index (χ2v) is 7.44. The number of hydrogen-bond acceptors (Lipinski definition) is 3. The molecule has 1 aliphatic heterocycles. The molecule has 0 saturated heterocycles. The summed E-state index contributed by atoms with van der Waals surface area (Å²) in [6.45, 7) is 0.539. The van der Waals surface area contributed by atoms with Crippen LogP contribution in [-0.4, -0.2) is 18.5 Å². The van der Waals surface area contributed by atoms with Crippen LogP contribution in [0.3, 0.4) is 0 Å². The van der Waals surface area contributed by atoms with Gasteiger partial charge in [0.25, 0.3) is 0 Å². The van der Waals surface area contributed by atoms with Crippen LogP contribution in [0.25, 0.3) is 0 Å². The first-order chi connectivity index (χ1) is 12.7. The molecular formula is C21H24ClN3O. The van der Waals surface area contributed by atoms with Gasteiger partial charge in [-0.1, -0.05) is 55.1 Å². The van der Waals surface area contributed by atoms with Crippen LogP contribution in [0.2, 0.25) is 5.02 Å². The number of aliphatic imine (C=N–C) groups is 1. The fourth-order valence-electron chi connectivity index (χ4n) is 4.04. The first-order valence-corrected chi connectivity index (χ1v) is 9.60. The molecule has 2 aliphatic rings. The van der Waals surface area contributed by atoms with E-state index in [-0.39, 0.29) is 5.54 Å². The fraction of sp³-hybridized carbons (Fsp3) is 0.381.